The van der Waals surface area contributed by atoms with Crippen LogP contribution in [0, 0.1) is 5.92 Å². The van der Waals surface area contributed by atoms with Crippen LogP contribution in [0.2, 0.25) is 5.02 Å². The molecule has 1 aromatic heterocycles. The zero-order chi connectivity index (χ0) is 15.7. The Morgan fingerprint density at radius 3 is 2.67 bits per heavy atom. The molecule has 114 valence electrons. The van der Waals surface area contributed by atoms with E-state index in [1.807, 2.05) is 19.2 Å². The number of carbonyl (C=O) groups is 1. The van der Waals surface area contributed by atoms with Crippen LogP contribution >= 0.6 is 22.9 Å². The molecule has 21 heavy (non-hydrogen) atoms. The molecule has 1 heterocycles. The topological polar surface area (TPSA) is 46.3 Å². The molecule has 0 fully saturated rings. The number of halogens is 1. The van der Waals surface area contributed by atoms with E-state index in [2.05, 4.69) is 20.8 Å². The Kier molecular flexibility index (Phi) is 4.79. The number of fused-ring (bicyclic) bond motifs is 1. The van der Waals surface area contributed by atoms with Crippen molar-refractivity contribution in [3.63, 3.8) is 0 Å². The maximum absolute atomic E-state index is 12.7. The summed E-state index contributed by atoms with van der Waals surface area (Å²) in [6.45, 7) is 6.38. The van der Waals surface area contributed by atoms with Crippen LogP contribution in [0.4, 0.5) is 5.69 Å². The molecular weight excluding hydrogens is 304 g/mol. The summed E-state index contributed by atoms with van der Waals surface area (Å²) in [7, 11) is 1.84. The molecule has 2 rings (SSSR count). The largest absolute Gasteiger partial charge is 0.397 e. The normalized spacial score (nSPS) is 12.9. The van der Waals surface area contributed by atoms with Crippen molar-refractivity contribution < 1.29 is 4.79 Å². The van der Waals surface area contributed by atoms with E-state index in [9.17, 15) is 4.79 Å². The lowest BCUT2D eigenvalue weighted by atomic mass is 10.0. The standard InChI is InChI=1S/C16H21ClN2OS/c1-9(2)7-10(3)19(4)16(20)15-14(18)12-6-5-11(17)8-13(12)21-15/h5-6,8-10H,7,18H2,1-4H3. The molecule has 3 nitrogen and oxygen atoms in total. The number of nitrogen functional groups attached to an aromatic ring is 1. The van der Waals surface area contributed by atoms with Crippen molar-refractivity contribution in [3.05, 3.63) is 28.1 Å². The average molecular weight is 325 g/mol. The molecule has 1 unspecified atom stereocenters. The Morgan fingerprint density at radius 1 is 1.38 bits per heavy atom. The van der Waals surface area contributed by atoms with Crippen LogP contribution < -0.4 is 5.73 Å². The zero-order valence-electron chi connectivity index (χ0n) is 12.8. The van der Waals surface area contributed by atoms with E-state index < -0.39 is 0 Å². The fraction of sp³-hybridized carbons (Fsp3) is 0.438. The summed E-state index contributed by atoms with van der Waals surface area (Å²) in [5, 5.41) is 1.56. The Labute approximate surface area is 134 Å². The average Bonchev–Trinajstić information content (AvgIpc) is 2.73. The number of amides is 1. The van der Waals surface area contributed by atoms with Gasteiger partial charge in [0, 0.05) is 28.2 Å². The molecule has 0 radical (unpaired) electrons. The van der Waals surface area contributed by atoms with E-state index in [0.717, 1.165) is 16.5 Å². The second kappa shape index (κ2) is 6.24. The molecular formula is C16H21ClN2OS. The van der Waals surface area contributed by atoms with Gasteiger partial charge in [0.05, 0.1) is 5.69 Å². The number of carbonyl (C=O) groups excluding carboxylic acids is 1. The lowest BCUT2D eigenvalue weighted by molar-refractivity contribution is 0.0734. The third-order valence-corrected chi connectivity index (χ3v) is 5.07. The predicted molar refractivity (Wildman–Crippen MR) is 92.3 cm³/mol. The number of hydrogen-bond acceptors (Lipinski definition) is 3. The first kappa shape index (κ1) is 16.1. The van der Waals surface area contributed by atoms with Gasteiger partial charge < -0.3 is 10.6 Å². The maximum atomic E-state index is 12.7. The Bertz CT molecular complexity index is 666. The van der Waals surface area contributed by atoms with Crippen LogP contribution in [-0.4, -0.2) is 23.9 Å². The Morgan fingerprint density at radius 2 is 2.05 bits per heavy atom. The lowest BCUT2D eigenvalue weighted by Gasteiger charge is -2.26. The van der Waals surface area contributed by atoms with Crippen LogP contribution in [-0.2, 0) is 0 Å². The SMILES string of the molecule is CC(C)CC(C)N(C)C(=O)c1sc2cc(Cl)ccc2c1N. The minimum Gasteiger partial charge on any atom is -0.397 e. The fourth-order valence-electron chi connectivity index (χ4n) is 2.45. The van der Waals surface area contributed by atoms with Crippen molar-refractivity contribution in [3.8, 4) is 0 Å². The first-order valence-corrected chi connectivity index (χ1v) is 8.25. The summed E-state index contributed by atoms with van der Waals surface area (Å²) in [6, 6.07) is 5.71. The number of anilines is 1. The van der Waals surface area contributed by atoms with Gasteiger partial charge in [-0.15, -0.1) is 11.3 Å². The second-order valence-corrected chi connectivity index (χ2v) is 7.37. The summed E-state index contributed by atoms with van der Waals surface area (Å²) in [5.74, 6) is 0.534. The highest BCUT2D eigenvalue weighted by Gasteiger charge is 2.23. The fourth-order valence-corrected chi connectivity index (χ4v) is 3.83. The molecule has 1 amide bonds. The van der Waals surface area contributed by atoms with Crippen molar-refractivity contribution in [2.45, 2.75) is 33.2 Å². The summed E-state index contributed by atoms with van der Waals surface area (Å²) in [5.41, 5.74) is 6.70. The number of nitrogens with zero attached hydrogens (tertiary/aromatic N) is 1. The van der Waals surface area contributed by atoms with Crippen molar-refractivity contribution >= 4 is 44.6 Å². The number of hydrogen-bond donors (Lipinski definition) is 1. The van der Waals surface area contributed by atoms with Gasteiger partial charge in [-0.05, 0) is 37.5 Å². The van der Waals surface area contributed by atoms with Crippen LogP contribution in [0.5, 0.6) is 0 Å². The van der Waals surface area contributed by atoms with Gasteiger partial charge in [-0.25, -0.2) is 0 Å². The summed E-state index contributed by atoms with van der Waals surface area (Å²) in [4.78, 5) is 15.0. The predicted octanol–water partition coefficient (Wildman–Crippen LogP) is 4.64. The van der Waals surface area contributed by atoms with E-state index in [1.54, 1.807) is 11.0 Å². The highest BCUT2D eigenvalue weighted by molar-refractivity contribution is 7.21. The molecule has 2 N–H and O–H groups in total. The Balaban J connectivity index is 2.33. The molecule has 0 saturated heterocycles. The van der Waals surface area contributed by atoms with Gasteiger partial charge in [-0.1, -0.05) is 25.4 Å². The molecule has 5 heteroatoms. The third-order valence-electron chi connectivity index (χ3n) is 3.68. The first-order chi connectivity index (χ1) is 9.81. The van der Waals surface area contributed by atoms with E-state index in [4.69, 9.17) is 17.3 Å². The van der Waals surface area contributed by atoms with Crippen LogP contribution in [0.15, 0.2) is 18.2 Å². The minimum absolute atomic E-state index is 0.0158. The second-order valence-electron chi connectivity index (χ2n) is 5.88. The van der Waals surface area contributed by atoms with Gasteiger partial charge in [0.25, 0.3) is 5.91 Å². The minimum atomic E-state index is -0.0158. The van der Waals surface area contributed by atoms with Crippen molar-refractivity contribution in [1.29, 1.82) is 0 Å². The van der Waals surface area contributed by atoms with Crippen LogP contribution in [0.25, 0.3) is 10.1 Å². The van der Waals surface area contributed by atoms with E-state index in [-0.39, 0.29) is 11.9 Å². The van der Waals surface area contributed by atoms with E-state index >= 15 is 0 Å². The van der Waals surface area contributed by atoms with Gasteiger partial charge in [-0.3, -0.25) is 4.79 Å². The van der Waals surface area contributed by atoms with Gasteiger partial charge in [0.1, 0.15) is 4.88 Å². The Hall–Kier alpha value is -1.26. The molecule has 1 aromatic carbocycles. The van der Waals surface area contributed by atoms with E-state index in [1.165, 1.54) is 11.3 Å². The summed E-state index contributed by atoms with van der Waals surface area (Å²) in [6.07, 6.45) is 0.971. The summed E-state index contributed by atoms with van der Waals surface area (Å²) >= 11 is 7.41. The first-order valence-electron chi connectivity index (χ1n) is 7.06. The number of nitrogens with two attached hydrogens (primary N) is 1. The third kappa shape index (κ3) is 3.33. The number of thiophene rings is 1. The molecule has 1 atom stereocenters. The van der Waals surface area contributed by atoms with Crippen molar-refractivity contribution in [2.75, 3.05) is 12.8 Å². The lowest BCUT2D eigenvalue weighted by Crippen LogP contribution is -2.35. The van der Waals surface area contributed by atoms with Gasteiger partial charge in [0.2, 0.25) is 0 Å². The molecule has 0 saturated carbocycles. The zero-order valence-corrected chi connectivity index (χ0v) is 14.4. The van der Waals surface area contributed by atoms with E-state index in [0.29, 0.717) is 21.5 Å². The quantitative estimate of drug-likeness (QED) is 0.890. The van der Waals surface area contributed by atoms with Gasteiger partial charge in [-0.2, -0.15) is 0 Å². The molecule has 2 aromatic rings. The molecule has 0 aliphatic carbocycles. The smallest absolute Gasteiger partial charge is 0.266 e. The van der Waals surface area contributed by atoms with Crippen LogP contribution in [0.1, 0.15) is 36.9 Å². The number of benzene rings is 1. The monoisotopic (exact) mass is 324 g/mol. The molecule has 0 aliphatic rings. The number of rotatable bonds is 4. The molecule has 0 aliphatic heterocycles. The van der Waals surface area contributed by atoms with Crippen molar-refractivity contribution in [2.24, 2.45) is 5.92 Å². The molecule has 0 spiro atoms. The maximum Gasteiger partial charge on any atom is 0.266 e. The highest BCUT2D eigenvalue weighted by Crippen LogP contribution is 2.36. The summed E-state index contributed by atoms with van der Waals surface area (Å²) < 4.78 is 0.952. The van der Waals surface area contributed by atoms with Gasteiger partial charge >= 0.3 is 0 Å². The van der Waals surface area contributed by atoms with Crippen LogP contribution in [0.3, 0.4) is 0 Å². The highest BCUT2D eigenvalue weighted by atomic mass is 35.5. The van der Waals surface area contributed by atoms with Gasteiger partial charge in [0.15, 0.2) is 0 Å². The molecule has 0 bridgehead atoms. The van der Waals surface area contributed by atoms with Crippen molar-refractivity contribution in [1.82, 2.24) is 4.90 Å².